The Kier molecular flexibility index (Phi) is 3.64. The third kappa shape index (κ3) is 2.88. The van der Waals surface area contributed by atoms with Gasteiger partial charge >= 0.3 is 0 Å². The summed E-state index contributed by atoms with van der Waals surface area (Å²) in [6, 6.07) is 10.4. The predicted molar refractivity (Wildman–Crippen MR) is 73.4 cm³/mol. The number of hydrogen-bond donors (Lipinski definition) is 2. The van der Waals surface area contributed by atoms with E-state index >= 15 is 0 Å². The molecule has 1 heterocycles. The first-order chi connectivity index (χ1) is 8.56. The number of rotatable bonds is 2. The van der Waals surface area contributed by atoms with Gasteiger partial charge < -0.3 is 10.2 Å². The van der Waals surface area contributed by atoms with E-state index in [4.69, 9.17) is 21.8 Å². The normalized spacial score (nSPS) is 10.1. The van der Waals surface area contributed by atoms with Crippen LogP contribution in [-0.2, 0) is 0 Å². The van der Waals surface area contributed by atoms with E-state index in [0.29, 0.717) is 10.8 Å². The first-order valence-electron chi connectivity index (χ1n) is 5.03. The molecule has 0 aliphatic carbocycles. The largest absolute Gasteiger partial charge is 0.451 e. The van der Waals surface area contributed by atoms with Crippen molar-refractivity contribution in [3.8, 4) is 11.3 Å². The molecule has 0 saturated heterocycles. The van der Waals surface area contributed by atoms with E-state index in [-0.39, 0.29) is 10.9 Å². The third-order valence-electron chi connectivity index (χ3n) is 2.18. The molecule has 1 aromatic heterocycles. The van der Waals surface area contributed by atoms with Gasteiger partial charge in [-0.3, -0.25) is 10.1 Å². The molecule has 0 fully saturated rings. The maximum absolute atomic E-state index is 11.6. The van der Waals surface area contributed by atoms with E-state index in [0.717, 1.165) is 5.56 Å². The Morgan fingerprint density at radius 1 is 1.33 bits per heavy atom. The second-order valence-corrected chi connectivity index (χ2v) is 4.37. The highest BCUT2D eigenvalue weighted by Gasteiger charge is 2.12. The minimum absolute atomic E-state index is 0.0966. The van der Waals surface area contributed by atoms with Crippen LogP contribution in [0.3, 0.4) is 0 Å². The van der Waals surface area contributed by atoms with Crippen molar-refractivity contribution in [2.75, 3.05) is 0 Å². The molecule has 18 heavy (non-hydrogen) atoms. The van der Waals surface area contributed by atoms with Crippen LogP contribution < -0.4 is 11.1 Å². The number of furan rings is 1. The maximum atomic E-state index is 11.6. The van der Waals surface area contributed by atoms with Gasteiger partial charge in [-0.2, -0.15) is 0 Å². The van der Waals surface area contributed by atoms with Gasteiger partial charge in [0.2, 0.25) is 0 Å². The van der Waals surface area contributed by atoms with E-state index in [1.165, 1.54) is 0 Å². The molecule has 0 spiro atoms. The number of nitrogens with one attached hydrogen (secondary N) is 1. The quantitative estimate of drug-likeness (QED) is 0.830. The van der Waals surface area contributed by atoms with Crippen molar-refractivity contribution < 1.29 is 9.21 Å². The number of amides is 1. The van der Waals surface area contributed by atoms with Crippen molar-refractivity contribution in [2.24, 2.45) is 5.73 Å². The van der Waals surface area contributed by atoms with Gasteiger partial charge in [0, 0.05) is 10.6 Å². The average Bonchev–Trinajstić information content (AvgIpc) is 2.77. The molecule has 0 aliphatic heterocycles. The lowest BCUT2D eigenvalue weighted by molar-refractivity contribution is 0.0951. The van der Waals surface area contributed by atoms with Gasteiger partial charge in [0.05, 0.1) is 0 Å². The van der Waals surface area contributed by atoms with Crippen LogP contribution in [0, 0.1) is 0 Å². The van der Waals surface area contributed by atoms with Crippen LogP contribution in [0.25, 0.3) is 11.3 Å². The lowest BCUT2D eigenvalue weighted by Crippen LogP contribution is -2.34. The highest BCUT2D eigenvalue weighted by Crippen LogP contribution is 2.24. The zero-order valence-corrected chi connectivity index (χ0v) is 10.7. The fraction of sp³-hybridized carbons (Fsp3) is 0. The molecule has 92 valence electrons. The summed E-state index contributed by atoms with van der Waals surface area (Å²) in [6.45, 7) is 0. The summed E-state index contributed by atoms with van der Waals surface area (Å²) in [5.74, 6) is 0.208. The molecular weight excluding hydrogens is 272 g/mol. The number of nitrogens with two attached hydrogens (primary N) is 1. The van der Waals surface area contributed by atoms with Crippen LogP contribution >= 0.6 is 23.8 Å². The summed E-state index contributed by atoms with van der Waals surface area (Å²) in [6.07, 6.45) is 0. The molecule has 3 N–H and O–H groups in total. The molecule has 0 aliphatic rings. The molecular formula is C12H9ClN2O2S. The van der Waals surface area contributed by atoms with Crippen LogP contribution in [0.15, 0.2) is 40.8 Å². The predicted octanol–water partition coefficient (Wildman–Crippen LogP) is 2.57. The highest BCUT2D eigenvalue weighted by atomic mass is 35.5. The number of benzene rings is 1. The number of halogens is 1. The third-order valence-corrected chi connectivity index (χ3v) is 2.51. The molecule has 0 radical (unpaired) electrons. The minimum atomic E-state index is -0.476. The van der Waals surface area contributed by atoms with Crippen molar-refractivity contribution in [1.82, 2.24) is 5.32 Å². The Labute approximate surface area is 114 Å². The molecule has 0 bridgehead atoms. The molecule has 4 nitrogen and oxygen atoms in total. The Morgan fingerprint density at radius 2 is 2.11 bits per heavy atom. The van der Waals surface area contributed by atoms with E-state index in [1.807, 2.05) is 6.07 Å². The molecule has 1 amide bonds. The Morgan fingerprint density at radius 3 is 2.78 bits per heavy atom. The summed E-state index contributed by atoms with van der Waals surface area (Å²) in [5, 5.41) is 2.78. The van der Waals surface area contributed by atoms with Gasteiger partial charge in [-0.15, -0.1) is 0 Å². The van der Waals surface area contributed by atoms with Crippen molar-refractivity contribution in [3.63, 3.8) is 0 Å². The van der Waals surface area contributed by atoms with E-state index < -0.39 is 5.91 Å². The number of thiocarbonyl (C=S) groups is 1. The first-order valence-corrected chi connectivity index (χ1v) is 5.81. The second kappa shape index (κ2) is 5.20. The topological polar surface area (TPSA) is 68.3 Å². The molecule has 6 heteroatoms. The number of carbonyl (C=O) groups is 1. The smallest absolute Gasteiger partial charge is 0.293 e. The van der Waals surface area contributed by atoms with Crippen LogP contribution in [0.1, 0.15) is 10.6 Å². The summed E-state index contributed by atoms with van der Waals surface area (Å²) >= 11 is 10.5. The number of carbonyl (C=O) groups excluding carboxylic acids is 1. The lowest BCUT2D eigenvalue weighted by Gasteiger charge is -1.99. The van der Waals surface area contributed by atoms with Crippen LogP contribution in [0.2, 0.25) is 5.02 Å². The van der Waals surface area contributed by atoms with Gasteiger partial charge in [-0.25, -0.2) is 0 Å². The molecule has 1 aromatic carbocycles. The molecule has 0 saturated carbocycles. The zero-order valence-electron chi connectivity index (χ0n) is 9.14. The minimum Gasteiger partial charge on any atom is -0.451 e. The van der Waals surface area contributed by atoms with Gasteiger partial charge in [-0.1, -0.05) is 23.7 Å². The summed E-state index contributed by atoms with van der Waals surface area (Å²) in [4.78, 5) is 11.6. The fourth-order valence-electron chi connectivity index (χ4n) is 1.43. The summed E-state index contributed by atoms with van der Waals surface area (Å²) in [5.41, 5.74) is 6.00. The van der Waals surface area contributed by atoms with Crippen molar-refractivity contribution in [2.45, 2.75) is 0 Å². The van der Waals surface area contributed by atoms with Gasteiger partial charge in [0.25, 0.3) is 5.91 Å². The van der Waals surface area contributed by atoms with Gasteiger partial charge in [0.1, 0.15) is 5.76 Å². The summed E-state index contributed by atoms with van der Waals surface area (Å²) < 4.78 is 5.40. The van der Waals surface area contributed by atoms with Crippen molar-refractivity contribution in [3.05, 3.63) is 47.2 Å². The SMILES string of the molecule is NC(=S)NC(=O)c1ccc(-c2cccc(Cl)c2)o1. The standard InChI is InChI=1S/C12H9ClN2O2S/c13-8-3-1-2-7(6-8)9-4-5-10(17-9)11(16)15-12(14)18/h1-6H,(H3,14,15,16,18). The molecule has 2 rings (SSSR count). The lowest BCUT2D eigenvalue weighted by atomic mass is 10.2. The molecule has 0 unspecified atom stereocenters. The molecule has 2 aromatic rings. The second-order valence-electron chi connectivity index (χ2n) is 3.49. The van der Waals surface area contributed by atoms with Gasteiger partial charge in [-0.05, 0) is 36.5 Å². The Bertz CT molecular complexity index is 610. The van der Waals surface area contributed by atoms with E-state index in [1.54, 1.807) is 30.3 Å². The zero-order chi connectivity index (χ0) is 13.1. The fourth-order valence-corrected chi connectivity index (χ4v) is 1.71. The maximum Gasteiger partial charge on any atom is 0.293 e. The van der Waals surface area contributed by atoms with E-state index in [2.05, 4.69) is 17.5 Å². The average molecular weight is 281 g/mol. The monoisotopic (exact) mass is 280 g/mol. The van der Waals surface area contributed by atoms with Crippen LogP contribution in [0.4, 0.5) is 0 Å². The molecule has 0 atom stereocenters. The highest BCUT2D eigenvalue weighted by molar-refractivity contribution is 7.80. The Hall–Kier alpha value is -1.85. The van der Waals surface area contributed by atoms with Crippen molar-refractivity contribution in [1.29, 1.82) is 0 Å². The Balaban J connectivity index is 2.25. The van der Waals surface area contributed by atoms with Gasteiger partial charge in [0.15, 0.2) is 10.9 Å². The van der Waals surface area contributed by atoms with Crippen molar-refractivity contribution >= 4 is 34.8 Å². The number of hydrogen-bond acceptors (Lipinski definition) is 3. The van der Waals surface area contributed by atoms with Crippen LogP contribution in [0.5, 0.6) is 0 Å². The van der Waals surface area contributed by atoms with E-state index in [9.17, 15) is 4.79 Å². The first kappa shape index (κ1) is 12.6. The summed E-state index contributed by atoms with van der Waals surface area (Å²) in [7, 11) is 0. The van der Waals surface area contributed by atoms with Crippen LogP contribution in [-0.4, -0.2) is 11.0 Å².